The van der Waals surface area contributed by atoms with Gasteiger partial charge in [0, 0.05) is 51.3 Å². The molecule has 24 heavy (non-hydrogen) atoms. The molecule has 1 rings (SSSR count). The normalized spacial score (nSPS) is 10.4. The first-order valence-corrected chi connectivity index (χ1v) is 8.37. The number of carbonyl (C=O) groups is 2. The smallest absolute Gasteiger partial charge is 0.269 e. The third kappa shape index (κ3) is 8.03. The van der Waals surface area contributed by atoms with Crippen molar-refractivity contribution in [1.82, 2.24) is 15.6 Å². The van der Waals surface area contributed by atoms with Gasteiger partial charge in [-0.1, -0.05) is 0 Å². The molecule has 0 radical (unpaired) electrons. The van der Waals surface area contributed by atoms with Gasteiger partial charge in [0.05, 0.1) is 0 Å². The zero-order chi connectivity index (χ0) is 17.6. The standard InChI is InChI=1S/C17H27N3O4/c1-3-23-11-5-8-19-16(21)14-7-10-18-15(13-14)17(22)20-9-6-12-24-4-2/h7,10,13H,3-6,8-9,11-12H2,1-2H3,(H,19,21)(H,20,22). The van der Waals surface area contributed by atoms with Gasteiger partial charge < -0.3 is 20.1 Å². The Morgan fingerprint density at radius 3 is 2.17 bits per heavy atom. The molecule has 7 heteroatoms. The number of nitrogens with one attached hydrogen (secondary N) is 2. The minimum atomic E-state index is -0.294. The molecule has 134 valence electrons. The van der Waals surface area contributed by atoms with E-state index in [1.54, 1.807) is 6.07 Å². The fourth-order valence-electron chi connectivity index (χ4n) is 1.93. The third-order valence-corrected chi connectivity index (χ3v) is 3.17. The van der Waals surface area contributed by atoms with Crippen molar-refractivity contribution < 1.29 is 19.1 Å². The summed E-state index contributed by atoms with van der Waals surface area (Å²) in [4.78, 5) is 28.1. The van der Waals surface area contributed by atoms with Crippen LogP contribution in [0, 0.1) is 0 Å². The van der Waals surface area contributed by atoms with Crippen LogP contribution in [0.15, 0.2) is 18.3 Å². The molecule has 0 aliphatic heterocycles. The van der Waals surface area contributed by atoms with Gasteiger partial charge in [0.25, 0.3) is 11.8 Å². The van der Waals surface area contributed by atoms with E-state index in [0.29, 0.717) is 45.1 Å². The molecule has 0 aromatic carbocycles. The number of ether oxygens (including phenoxy) is 2. The van der Waals surface area contributed by atoms with E-state index in [9.17, 15) is 9.59 Å². The second-order valence-electron chi connectivity index (χ2n) is 5.04. The lowest BCUT2D eigenvalue weighted by atomic mass is 10.2. The summed E-state index contributed by atoms with van der Waals surface area (Å²) >= 11 is 0. The molecular weight excluding hydrogens is 310 g/mol. The van der Waals surface area contributed by atoms with E-state index in [4.69, 9.17) is 9.47 Å². The molecule has 1 aromatic heterocycles. The first-order chi connectivity index (χ1) is 11.7. The zero-order valence-corrected chi connectivity index (χ0v) is 14.5. The minimum Gasteiger partial charge on any atom is -0.382 e. The molecule has 0 spiro atoms. The number of hydrogen-bond acceptors (Lipinski definition) is 5. The van der Waals surface area contributed by atoms with E-state index in [1.807, 2.05) is 13.8 Å². The van der Waals surface area contributed by atoms with E-state index in [2.05, 4.69) is 15.6 Å². The maximum Gasteiger partial charge on any atom is 0.269 e. The van der Waals surface area contributed by atoms with Crippen LogP contribution in [-0.4, -0.2) is 56.3 Å². The molecule has 1 heterocycles. The number of nitrogens with zero attached hydrogens (tertiary/aromatic N) is 1. The first-order valence-electron chi connectivity index (χ1n) is 8.37. The van der Waals surface area contributed by atoms with Gasteiger partial charge >= 0.3 is 0 Å². The van der Waals surface area contributed by atoms with Crippen molar-refractivity contribution in [2.75, 3.05) is 39.5 Å². The average molecular weight is 337 g/mol. The Labute approximate surface area is 143 Å². The van der Waals surface area contributed by atoms with Crippen molar-refractivity contribution in [3.8, 4) is 0 Å². The molecule has 0 aliphatic carbocycles. The van der Waals surface area contributed by atoms with Crippen molar-refractivity contribution >= 4 is 11.8 Å². The molecule has 0 aliphatic rings. The molecule has 7 nitrogen and oxygen atoms in total. The highest BCUT2D eigenvalue weighted by Gasteiger charge is 2.11. The van der Waals surface area contributed by atoms with Crippen molar-refractivity contribution in [1.29, 1.82) is 0 Å². The lowest BCUT2D eigenvalue weighted by Crippen LogP contribution is -2.28. The number of rotatable bonds is 12. The Kier molecular flexibility index (Phi) is 10.4. The van der Waals surface area contributed by atoms with Crippen LogP contribution >= 0.6 is 0 Å². The first kappa shape index (κ1) is 20.1. The van der Waals surface area contributed by atoms with Gasteiger partial charge in [-0.3, -0.25) is 14.6 Å². The summed E-state index contributed by atoms with van der Waals surface area (Å²) in [6.45, 7) is 7.44. The summed E-state index contributed by atoms with van der Waals surface area (Å²) in [5, 5.41) is 5.56. The topological polar surface area (TPSA) is 89.5 Å². The fraction of sp³-hybridized carbons (Fsp3) is 0.588. The summed E-state index contributed by atoms with van der Waals surface area (Å²) in [5.41, 5.74) is 0.647. The van der Waals surface area contributed by atoms with Crippen molar-refractivity contribution in [2.45, 2.75) is 26.7 Å². The van der Waals surface area contributed by atoms with Gasteiger partial charge in [0.2, 0.25) is 0 Å². The predicted molar refractivity (Wildman–Crippen MR) is 91.1 cm³/mol. The largest absolute Gasteiger partial charge is 0.382 e. The van der Waals surface area contributed by atoms with Gasteiger partial charge in [-0.15, -0.1) is 0 Å². The Bertz CT molecular complexity index is 467. The second kappa shape index (κ2) is 12.4. The zero-order valence-electron chi connectivity index (χ0n) is 14.5. The van der Waals surface area contributed by atoms with E-state index in [1.165, 1.54) is 12.3 Å². The summed E-state index contributed by atoms with van der Waals surface area (Å²) in [5.74, 6) is -0.517. The van der Waals surface area contributed by atoms with Crippen LogP contribution in [0.5, 0.6) is 0 Å². The molecule has 0 saturated carbocycles. The molecule has 0 saturated heterocycles. The summed E-state index contributed by atoms with van der Waals surface area (Å²) in [6.07, 6.45) is 2.95. The van der Waals surface area contributed by atoms with Crippen molar-refractivity contribution in [3.05, 3.63) is 29.6 Å². The maximum atomic E-state index is 12.1. The number of aromatic nitrogens is 1. The molecule has 2 amide bonds. The molecule has 0 bridgehead atoms. The molecule has 0 fully saturated rings. The van der Waals surface area contributed by atoms with Crippen LogP contribution in [0.3, 0.4) is 0 Å². The Morgan fingerprint density at radius 2 is 1.58 bits per heavy atom. The van der Waals surface area contributed by atoms with E-state index < -0.39 is 0 Å². The minimum absolute atomic E-state index is 0.223. The van der Waals surface area contributed by atoms with E-state index in [0.717, 1.165) is 12.8 Å². The monoisotopic (exact) mass is 337 g/mol. The van der Waals surface area contributed by atoms with Crippen LogP contribution in [0.25, 0.3) is 0 Å². The van der Waals surface area contributed by atoms with Gasteiger partial charge in [0.15, 0.2) is 0 Å². The van der Waals surface area contributed by atoms with Gasteiger partial charge in [-0.25, -0.2) is 0 Å². The van der Waals surface area contributed by atoms with Crippen LogP contribution in [0.2, 0.25) is 0 Å². The maximum absolute atomic E-state index is 12.1. The van der Waals surface area contributed by atoms with Gasteiger partial charge in [-0.05, 0) is 38.8 Å². The lowest BCUT2D eigenvalue weighted by Gasteiger charge is -2.07. The third-order valence-electron chi connectivity index (χ3n) is 3.17. The van der Waals surface area contributed by atoms with Crippen molar-refractivity contribution in [3.63, 3.8) is 0 Å². The van der Waals surface area contributed by atoms with E-state index in [-0.39, 0.29) is 17.5 Å². The lowest BCUT2D eigenvalue weighted by molar-refractivity contribution is 0.0939. The second-order valence-corrected chi connectivity index (χ2v) is 5.04. The van der Waals surface area contributed by atoms with Crippen LogP contribution in [-0.2, 0) is 9.47 Å². The Morgan fingerprint density at radius 1 is 1.00 bits per heavy atom. The molecular formula is C17H27N3O4. The Hall–Kier alpha value is -1.99. The summed E-state index contributed by atoms with van der Waals surface area (Å²) in [6, 6.07) is 3.08. The number of hydrogen-bond donors (Lipinski definition) is 2. The fourth-order valence-corrected chi connectivity index (χ4v) is 1.93. The quantitative estimate of drug-likeness (QED) is 0.563. The molecule has 0 atom stereocenters. The number of amides is 2. The molecule has 2 N–H and O–H groups in total. The average Bonchev–Trinajstić information content (AvgIpc) is 2.61. The molecule has 0 unspecified atom stereocenters. The highest BCUT2D eigenvalue weighted by atomic mass is 16.5. The van der Waals surface area contributed by atoms with Crippen molar-refractivity contribution in [2.24, 2.45) is 0 Å². The van der Waals surface area contributed by atoms with Crippen LogP contribution < -0.4 is 10.6 Å². The highest BCUT2D eigenvalue weighted by molar-refractivity contribution is 5.98. The van der Waals surface area contributed by atoms with Crippen LogP contribution in [0.1, 0.15) is 47.5 Å². The molecule has 1 aromatic rings. The summed E-state index contributed by atoms with van der Waals surface area (Å²) in [7, 11) is 0. The van der Waals surface area contributed by atoms with E-state index >= 15 is 0 Å². The number of pyridine rings is 1. The summed E-state index contributed by atoms with van der Waals surface area (Å²) < 4.78 is 10.4. The van der Waals surface area contributed by atoms with Crippen LogP contribution in [0.4, 0.5) is 0 Å². The Balaban J connectivity index is 2.41. The van der Waals surface area contributed by atoms with Gasteiger partial charge in [-0.2, -0.15) is 0 Å². The highest BCUT2D eigenvalue weighted by Crippen LogP contribution is 2.02. The number of carbonyl (C=O) groups excluding carboxylic acids is 2. The predicted octanol–water partition coefficient (Wildman–Crippen LogP) is 1.39. The van der Waals surface area contributed by atoms with Gasteiger partial charge in [0.1, 0.15) is 5.69 Å². The SMILES string of the molecule is CCOCCCNC(=O)c1ccnc(C(=O)NCCCOCC)c1.